The van der Waals surface area contributed by atoms with Crippen molar-refractivity contribution >= 4 is 7.85 Å². The Kier molecular flexibility index (Phi) is 11.0. The number of hydrogen-bond donors (Lipinski definition) is 0. The van der Waals surface area contributed by atoms with E-state index in [4.69, 9.17) is 7.85 Å². The number of hydrogen-bond acceptors (Lipinski definition) is 0. The standard InChI is InChI=1S/C27H51B/c1-24-18-13-9-12-14-20-26(3,21-17-19-25(24)2)27(28)22-15-10-7-5-4-6-8-11-16-23-27/h24-25H,4-23H2,1-3H3. The molecule has 3 unspecified atom stereocenters. The van der Waals surface area contributed by atoms with Crippen LogP contribution in [0.5, 0.6) is 0 Å². The van der Waals surface area contributed by atoms with Gasteiger partial charge in [0.1, 0.15) is 0 Å². The van der Waals surface area contributed by atoms with Crippen molar-refractivity contribution in [1.29, 1.82) is 0 Å². The topological polar surface area (TPSA) is 0 Å². The van der Waals surface area contributed by atoms with Gasteiger partial charge in [0.05, 0.1) is 7.85 Å². The van der Waals surface area contributed by atoms with Crippen molar-refractivity contribution in [3.05, 3.63) is 0 Å². The molecule has 2 aliphatic rings. The van der Waals surface area contributed by atoms with E-state index in [1.807, 2.05) is 0 Å². The average Bonchev–Trinajstić information content (AvgIpc) is 2.66. The van der Waals surface area contributed by atoms with E-state index in [1.165, 1.54) is 128 Å². The van der Waals surface area contributed by atoms with Crippen LogP contribution in [0.15, 0.2) is 0 Å². The highest BCUT2D eigenvalue weighted by atomic mass is 14.4. The van der Waals surface area contributed by atoms with Gasteiger partial charge in [-0.1, -0.05) is 142 Å². The first-order valence-corrected chi connectivity index (χ1v) is 13.3. The van der Waals surface area contributed by atoms with E-state index in [0.29, 0.717) is 5.41 Å². The SMILES string of the molecule is [B]C1(C2(C)CCCCCCC(C)C(C)CCC2)CCCCCCCCCCC1. The molecule has 2 fully saturated rings. The van der Waals surface area contributed by atoms with Crippen LogP contribution in [-0.4, -0.2) is 7.85 Å². The lowest BCUT2D eigenvalue weighted by molar-refractivity contribution is 0.129. The molecule has 0 bridgehead atoms. The highest BCUT2D eigenvalue weighted by molar-refractivity contribution is 6.15. The van der Waals surface area contributed by atoms with E-state index in [1.54, 1.807) is 0 Å². The van der Waals surface area contributed by atoms with Crippen LogP contribution in [0.2, 0.25) is 5.31 Å². The van der Waals surface area contributed by atoms with Crippen LogP contribution in [0.3, 0.4) is 0 Å². The van der Waals surface area contributed by atoms with Crippen molar-refractivity contribution in [2.75, 3.05) is 0 Å². The lowest BCUT2D eigenvalue weighted by Gasteiger charge is -2.49. The molecule has 2 rings (SSSR count). The first kappa shape index (κ1) is 24.3. The summed E-state index contributed by atoms with van der Waals surface area (Å²) in [6.07, 6.45) is 28.0. The minimum absolute atomic E-state index is 0.0746. The van der Waals surface area contributed by atoms with E-state index in [-0.39, 0.29) is 5.31 Å². The Labute approximate surface area is 179 Å². The fourth-order valence-electron chi connectivity index (χ4n) is 6.19. The summed E-state index contributed by atoms with van der Waals surface area (Å²) in [7, 11) is 7.39. The van der Waals surface area contributed by atoms with Crippen LogP contribution in [0.4, 0.5) is 0 Å². The van der Waals surface area contributed by atoms with Gasteiger partial charge in [-0.05, 0) is 30.1 Å². The van der Waals surface area contributed by atoms with Gasteiger partial charge in [0.2, 0.25) is 0 Å². The van der Waals surface area contributed by atoms with E-state index in [9.17, 15) is 0 Å². The lowest BCUT2D eigenvalue weighted by atomic mass is 9.46. The number of rotatable bonds is 1. The van der Waals surface area contributed by atoms with Crippen molar-refractivity contribution in [2.45, 2.75) is 155 Å². The smallest absolute Gasteiger partial charge is 0.0623 e. The minimum atomic E-state index is 0.0746. The van der Waals surface area contributed by atoms with Crippen molar-refractivity contribution in [2.24, 2.45) is 17.3 Å². The summed E-state index contributed by atoms with van der Waals surface area (Å²) in [4.78, 5) is 0. The fourth-order valence-corrected chi connectivity index (χ4v) is 6.19. The monoisotopic (exact) mass is 386 g/mol. The molecular formula is C27H51B. The molecule has 0 amide bonds. The Morgan fingerprint density at radius 2 is 0.857 bits per heavy atom. The maximum Gasteiger partial charge on any atom is 0.0753 e. The summed E-state index contributed by atoms with van der Waals surface area (Å²) in [6.45, 7) is 7.59. The highest BCUT2D eigenvalue weighted by Crippen LogP contribution is 2.57. The first-order valence-electron chi connectivity index (χ1n) is 13.3. The van der Waals surface area contributed by atoms with Gasteiger partial charge >= 0.3 is 0 Å². The second kappa shape index (κ2) is 12.7. The van der Waals surface area contributed by atoms with Gasteiger partial charge in [0.25, 0.3) is 0 Å². The molecule has 0 spiro atoms. The van der Waals surface area contributed by atoms with Crippen molar-refractivity contribution in [3.8, 4) is 0 Å². The summed E-state index contributed by atoms with van der Waals surface area (Å²) in [5, 5.41) is 0.0746. The molecule has 2 saturated carbocycles. The van der Waals surface area contributed by atoms with Gasteiger partial charge in [-0.3, -0.25) is 0 Å². The minimum Gasteiger partial charge on any atom is -0.0623 e. The zero-order valence-corrected chi connectivity index (χ0v) is 19.9. The average molecular weight is 387 g/mol. The van der Waals surface area contributed by atoms with Crippen LogP contribution < -0.4 is 0 Å². The molecule has 1 heteroatoms. The van der Waals surface area contributed by atoms with E-state index < -0.39 is 0 Å². The maximum absolute atomic E-state index is 7.39. The highest BCUT2D eigenvalue weighted by Gasteiger charge is 2.42. The summed E-state index contributed by atoms with van der Waals surface area (Å²) in [5.41, 5.74) is 0.347. The van der Waals surface area contributed by atoms with Crippen molar-refractivity contribution in [3.63, 3.8) is 0 Å². The lowest BCUT2D eigenvalue weighted by Crippen LogP contribution is -2.35. The Morgan fingerprint density at radius 3 is 1.39 bits per heavy atom. The molecule has 3 atom stereocenters. The largest absolute Gasteiger partial charge is 0.0753 e. The summed E-state index contributed by atoms with van der Waals surface area (Å²) < 4.78 is 0. The normalized spacial score (nSPS) is 35.5. The maximum atomic E-state index is 7.39. The molecule has 0 aromatic heterocycles. The third-order valence-electron chi connectivity index (χ3n) is 8.95. The van der Waals surface area contributed by atoms with Crippen LogP contribution >= 0.6 is 0 Å². The second-order valence-electron chi connectivity index (χ2n) is 11.2. The third kappa shape index (κ3) is 7.72. The van der Waals surface area contributed by atoms with Crippen LogP contribution in [0, 0.1) is 17.3 Å². The fraction of sp³-hybridized carbons (Fsp3) is 1.00. The molecule has 0 aromatic rings. The van der Waals surface area contributed by atoms with E-state index in [0.717, 1.165) is 11.8 Å². The van der Waals surface area contributed by atoms with Crippen LogP contribution in [0.1, 0.15) is 149 Å². The molecule has 28 heavy (non-hydrogen) atoms. The van der Waals surface area contributed by atoms with Crippen molar-refractivity contribution < 1.29 is 0 Å². The molecule has 0 aliphatic heterocycles. The van der Waals surface area contributed by atoms with Gasteiger partial charge in [-0.2, -0.15) is 0 Å². The van der Waals surface area contributed by atoms with Gasteiger partial charge < -0.3 is 0 Å². The van der Waals surface area contributed by atoms with Gasteiger partial charge in [0.15, 0.2) is 0 Å². The Balaban J connectivity index is 2.07. The van der Waals surface area contributed by atoms with Crippen LogP contribution in [-0.2, 0) is 0 Å². The predicted molar refractivity (Wildman–Crippen MR) is 127 cm³/mol. The quantitative estimate of drug-likeness (QED) is 0.394. The molecule has 2 aliphatic carbocycles. The zero-order valence-electron chi connectivity index (χ0n) is 19.9. The third-order valence-corrected chi connectivity index (χ3v) is 8.95. The molecule has 0 aromatic carbocycles. The zero-order chi connectivity index (χ0) is 20.3. The predicted octanol–water partition coefficient (Wildman–Crippen LogP) is 9.42. The molecule has 0 nitrogen and oxygen atoms in total. The van der Waals surface area contributed by atoms with Crippen molar-refractivity contribution in [1.82, 2.24) is 0 Å². The van der Waals surface area contributed by atoms with Crippen LogP contribution in [0.25, 0.3) is 0 Å². The second-order valence-corrected chi connectivity index (χ2v) is 11.2. The summed E-state index contributed by atoms with van der Waals surface area (Å²) in [5.74, 6) is 1.78. The molecule has 162 valence electrons. The molecule has 0 heterocycles. The molecular weight excluding hydrogens is 335 g/mol. The molecule has 0 saturated heterocycles. The van der Waals surface area contributed by atoms with Gasteiger partial charge in [0, 0.05) is 0 Å². The van der Waals surface area contributed by atoms with E-state index in [2.05, 4.69) is 20.8 Å². The Hall–Kier alpha value is 0.0649. The summed E-state index contributed by atoms with van der Waals surface area (Å²) in [6, 6.07) is 0. The summed E-state index contributed by atoms with van der Waals surface area (Å²) >= 11 is 0. The molecule has 0 N–H and O–H groups in total. The van der Waals surface area contributed by atoms with Gasteiger partial charge in [-0.25, -0.2) is 0 Å². The van der Waals surface area contributed by atoms with E-state index >= 15 is 0 Å². The Morgan fingerprint density at radius 1 is 0.500 bits per heavy atom. The Bertz CT molecular complexity index is 391. The van der Waals surface area contributed by atoms with Gasteiger partial charge in [-0.15, -0.1) is 0 Å². The first-order chi connectivity index (χ1) is 13.5. The molecule has 2 radical (unpaired) electrons.